The van der Waals surface area contributed by atoms with Crippen molar-refractivity contribution in [3.05, 3.63) is 50.1 Å². The Kier molecular flexibility index (Phi) is 5.51. The number of benzene rings is 1. The molecule has 8 heteroatoms. The van der Waals surface area contributed by atoms with Crippen molar-refractivity contribution in [2.45, 2.75) is 0 Å². The molecule has 0 N–H and O–H groups in total. The summed E-state index contributed by atoms with van der Waals surface area (Å²) in [6, 6.07) is 6.77. The lowest BCUT2D eigenvalue weighted by Gasteiger charge is -2.34. The van der Waals surface area contributed by atoms with E-state index in [2.05, 4.69) is 0 Å². The van der Waals surface area contributed by atoms with Crippen LogP contribution in [0, 0.1) is 0 Å². The molecule has 1 aromatic heterocycles. The van der Waals surface area contributed by atoms with Crippen LogP contribution in [0.25, 0.3) is 0 Å². The van der Waals surface area contributed by atoms with Gasteiger partial charge in [-0.15, -0.1) is 11.3 Å². The molecule has 0 bridgehead atoms. The number of amides is 2. The van der Waals surface area contributed by atoms with E-state index < -0.39 is 0 Å². The molecule has 0 unspecified atom stereocenters. The highest BCUT2D eigenvalue weighted by molar-refractivity contribution is 7.12. The van der Waals surface area contributed by atoms with Gasteiger partial charge in [0.1, 0.15) is 0 Å². The van der Waals surface area contributed by atoms with Crippen LogP contribution in [0.1, 0.15) is 20.0 Å². The number of hydrogen-bond donors (Lipinski definition) is 0. The molecule has 25 heavy (non-hydrogen) atoms. The van der Waals surface area contributed by atoms with Crippen LogP contribution in [0.2, 0.25) is 10.0 Å². The average molecular weight is 399 g/mol. The highest BCUT2D eigenvalue weighted by Crippen LogP contribution is 2.34. The van der Waals surface area contributed by atoms with E-state index >= 15 is 0 Å². The number of thiophene rings is 1. The minimum Gasteiger partial charge on any atom is -0.494 e. The van der Waals surface area contributed by atoms with Crippen molar-refractivity contribution in [3.8, 4) is 5.75 Å². The van der Waals surface area contributed by atoms with E-state index in [4.69, 9.17) is 27.9 Å². The number of piperazine rings is 1. The summed E-state index contributed by atoms with van der Waals surface area (Å²) in [6.07, 6.45) is 0. The van der Waals surface area contributed by atoms with Crippen LogP contribution in [0.4, 0.5) is 0 Å². The summed E-state index contributed by atoms with van der Waals surface area (Å²) in [5, 5.41) is 2.47. The van der Waals surface area contributed by atoms with E-state index in [1.807, 2.05) is 17.5 Å². The van der Waals surface area contributed by atoms with Gasteiger partial charge >= 0.3 is 0 Å². The van der Waals surface area contributed by atoms with Crippen LogP contribution < -0.4 is 4.74 Å². The van der Waals surface area contributed by atoms with Gasteiger partial charge in [0.25, 0.3) is 11.8 Å². The molecule has 2 amide bonds. The first kappa shape index (κ1) is 18.0. The van der Waals surface area contributed by atoms with Crippen LogP contribution in [-0.2, 0) is 0 Å². The summed E-state index contributed by atoms with van der Waals surface area (Å²) < 4.78 is 5.10. The number of ether oxygens (including phenoxy) is 1. The first-order chi connectivity index (χ1) is 12.0. The van der Waals surface area contributed by atoms with E-state index in [9.17, 15) is 9.59 Å². The van der Waals surface area contributed by atoms with Crippen molar-refractivity contribution in [1.82, 2.24) is 9.80 Å². The molecular weight excluding hydrogens is 383 g/mol. The molecule has 1 aliphatic heterocycles. The Morgan fingerprint density at radius 2 is 1.60 bits per heavy atom. The zero-order chi connectivity index (χ0) is 18.0. The Morgan fingerprint density at radius 1 is 1.04 bits per heavy atom. The molecule has 0 saturated carbocycles. The van der Waals surface area contributed by atoms with Crippen molar-refractivity contribution in [3.63, 3.8) is 0 Å². The highest BCUT2D eigenvalue weighted by Gasteiger charge is 2.26. The fourth-order valence-corrected chi connectivity index (χ4v) is 4.06. The number of halogens is 2. The van der Waals surface area contributed by atoms with Crippen molar-refractivity contribution < 1.29 is 14.3 Å². The van der Waals surface area contributed by atoms with Crippen molar-refractivity contribution >= 4 is 46.4 Å². The number of hydrogen-bond acceptors (Lipinski definition) is 4. The molecule has 1 fully saturated rings. The minimum absolute atomic E-state index is 0.0117. The van der Waals surface area contributed by atoms with Crippen molar-refractivity contribution in [1.29, 1.82) is 0 Å². The lowest BCUT2D eigenvalue weighted by Crippen LogP contribution is -2.50. The summed E-state index contributed by atoms with van der Waals surface area (Å²) in [5.74, 6) is 0.207. The minimum atomic E-state index is -0.158. The van der Waals surface area contributed by atoms with Gasteiger partial charge < -0.3 is 14.5 Å². The average Bonchev–Trinajstić information content (AvgIpc) is 3.15. The Bertz CT molecular complexity index is 764. The Hall–Kier alpha value is -1.76. The SMILES string of the molecule is COc1c(Cl)cc(C(=O)N2CCN(C(=O)c3cccs3)CC2)cc1Cl. The Balaban J connectivity index is 1.67. The topological polar surface area (TPSA) is 49.9 Å². The normalized spacial score (nSPS) is 14.5. The number of carbonyl (C=O) groups is 2. The first-order valence-corrected chi connectivity index (χ1v) is 9.30. The molecule has 2 aromatic rings. The Labute approximate surface area is 159 Å². The number of nitrogens with zero attached hydrogens (tertiary/aromatic N) is 2. The van der Waals surface area contributed by atoms with E-state index in [0.717, 1.165) is 0 Å². The maximum absolute atomic E-state index is 12.7. The summed E-state index contributed by atoms with van der Waals surface area (Å²) in [5.41, 5.74) is 0.411. The van der Waals surface area contributed by atoms with Crippen molar-refractivity contribution in [2.24, 2.45) is 0 Å². The maximum atomic E-state index is 12.7. The molecule has 0 spiro atoms. The molecular formula is C17H16Cl2N2O3S. The number of rotatable bonds is 3. The quantitative estimate of drug-likeness (QED) is 0.792. The summed E-state index contributed by atoms with van der Waals surface area (Å²) in [7, 11) is 1.47. The fraction of sp³-hybridized carbons (Fsp3) is 0.294. The number of carbonyl (C=O) groups excluding carboxylic acids is 2. The van der Waals surface area contributed by atoms with Gasteiger partial charge in [-0.25, -0.2) is 0 Å². The molecule has 2 heterocycles. The van der Waals surface area contributed by atoms with E-state index in [-0.39, 0.29) is 11.8 Å². The van der Waals surface area contributed by atoms with Crippen LogP contribution in [-0.4, -0.2) is 54.9 Å². The third-order valence-electron chi connectivity index (χ3n) is 4.04. The zero-order valence-electron chi connectivity index (χ0n) is 13.5. The van der Waals surface area contributed by atoms with E-state index in [1.54, 1.807) is 21.9 Å². The molecule has 1 aliphatic rings. The molecule has 0 aliphatic carbocycles. The largest absolute Gasteiger partial charge is 0.494 e. The second-order valence-corrected chi connectivity index (χ2v) is 7.30. The molecule has 3 rings (SSSR count). The Morgan fingerprint density at radius 3 is 2.08 bits per heavy atom. The van der Waals surface area contributed by atoms with E-state index in [0.29, 0.717) is 52.4 Å². The van der Waals surface area contributed by atoms with E-state index in [1.165, 1.54) is 18.4 Å². The third kappa shape index (κ3) is 3.76. The number of methoxy groups -OCH3 is 1. The lowest BCUT2D eigenvalue weighted by atomic mass is 10.1. The van der Waals surface area contributed by atoms with Gasteiger partial charge in [-0.1, -0.05) is 29.3 Å². The summed E-state index contributed by atoms with van der Waals surface area (Å²) in [4.78, 5) is 29.2. The second kappa shape index (κ2) is 7.64. The molecule has 132 valence electrons. The molecule has 0 atom stereocenters. The third-order valence-corrected chi connectivity index (χ3v) is 5.45. The second-order valence-electron chi connectivity index (χ2n) is 5.53. The van der Waals surface area contributed by atoms with Gasteiger partial charge in [0.05, 0.1) is 22.0 Å². The van der Waals surface area contributed by atoms with Gasteiger partial charge in [-0.05, 0) is 23.6 Å². The van der Waals surface area contributed by atoms with Gasteiger partial charge in [-0.2, -0.15) is 0 Å². The van der Waals surface area contributed by atoms with Gasteiger partial charge in [0.15, 0.2) is 5.75 Å². The lowest BCUT2D eigenvalue weighted by molar-refractivity contribution is 0.0538. The van der Waals surface area contributed by atoms with Crippen molar-refractivity contribution in [2.75, 3.05) is 33.3 Å². The standard InChI is InChI=1S/C17H16Cl2N2O3S/c1-24-15-12(18)9-11(10-13(15)19)16(22)20-4-6-21(7-5-20)17(23)14-3-2-8-25-14/h2-3,8-10H,4-7H2,1H3. The molecule has 1 aromatic carbocycles. The fourth-order valence-electron chi connectivity index (χ4n) is 2.73. The predicted molar refractivity (Wildman–Crippen MR) is 99.1 cm³/mol. The maximum Gasteiger partial charge on any atom is 0.264 e. The summed E-state index contributed by atoms with van der Waals surface area (Å²) >= 11 is 13.6. The monoisotopic (exact) mass is 398 g/mol. The predicted octanol–water partition coefficient (Wildman–Crippen LogP) is 3.66. The van der Waals surface area contributed by atoms with Crippen LogP contribution in [0.5, 0.6) is 5.75 Å². The zero-order valence-corrected chi connectivity index (χ0v) is 15.8. The van der Waals surface area contributed by atoms with Gasteiger partial charge in [0, 0.05) is 31.7 Å². The molecule has 1 saturated heterocycles. The first-order valence-electron chi connectivity index (χ1n) is 7.66. The van der Waals surface area contributed by atoms with Crippen LogP contribution in [0.3, 0.4) is 0 Å². The van der Waals surface area contributed by atoms with Crippen LogP contribution in [0.15, 0.2) is 29.6 Å². The van der Waals surface area contributed by atoms with Gasteiger partial charge in [-0.3, -0.25) is 9.59 Å². The summed E-state index contributed by atoms with van der Waals surface area (Å²) in [6.45, 7) is 1.94. The highest BCUT2D eigenvalue weighted by atomic mass is 35.5. The molecule has 5 nitrogen and oxygen atoms in total. The van der Waals surface area contributed by atoms with Crippen LogP contribution >= 0.6 is 34.5 Å². The van der Waals surface area contributed by atoms with Gasteiger partial charge in [0.2, 0.25) is 0 Å². The smallest absolute Gasteiger partial charge is 0.264 e. The molecule has 0 radical (unpaired) electrons.